The standard InChI is InChI=1S/C16H19NS/c1-3-18-16-9-7-13(8-10-16)11-14-5-4-6-15(12-14)17-2/h4-10,12,17H,3,11H2,1-2H3. The zero-order valence-corrected chi connectivity index (χ0v) is 11.8. The van der Waals surface area contributed by atoms with Crippen molar-refractivity contribution < 1.29 is 0 Å². The molecule has 1 N–H and O–H groups in total. The van der Waals surface area contributed by atoms with Crippen molar-refractivity contribution in [2.24, 2.45) is 0 Å². The predicted molar refractivity (Wildman–Crippen MR) is 81.6 cm³/mol. The van der Waals surface area contributed by atoms with Gasteiger partial charge in [-0.25, -0.2) is 0 Å². The molecule has 18 heavy (non-hydrogen) atoms. The highest BCUT2D eigenvalue weighted by Gasteiger charge is 1.98. The SMILES string of the molecule is CCSc1ccc(Cc2cccc(NC)c2)cc1. The molecule has 0 saturated carbocycles. The Bertz CT molecular complexity index is 491. The fourth-order valence-electron chi connectivity index (χ4n) is 1.94. The Labute approximate surface area is 114 Å². The maximum atomic E-state index is 3.18. The Balaban J connectivity index is 2.08. The van der Waals surface area contributed by atoms with Gasteiger partial charge in [0, 0.05) is 17.6 Å². The Hall–Kier alpha value is -1.41. The highest BCUT2D eigenvalue weighted by atomic mass is 32.2. The molecule has 0 aromatic heterocycles. The summed E-state index contributed by atoms with van der Waals surface area (Å²) in [6.07, 6.45) is 0.993. The lowest BCUT2D eigenvalue weighted by atomic mass is 10.0. The monoisotopic (exact) mass is 257 g/mol. The molecule has 0 fully saturated rings. The normalized spacial score (nSPS) is 10.3. The van der Waals surface area contributed by atoms with Crippen LogP contribution in [0.15, 0.2) is 53.4 Å². The van der Waals surface area contributed by atoms with Crippen molar-refractivity contribution in [3.8, 4) is 0 Å². The van der Waals surface area contributed by atoms with Gasteiger partial charge in [0.15, 0.2) is 0 Å². The summed E-state index contributed by atoms with van der Waals surface area (Å²) in [5, 5.41) is 3.18. The molecule has 2 rings (SSSR count). The average molecular weight is 257 g/mol. The number of thioether (sulfide) groups is 1. The first kappa shape index (κ1) is 13.0. The fraction of sp³-hybridized carbons (Fsp3) is 0.250. The van der Waals surface area contributed by atoms with Gasteiger partial charge in [0.2, 0.25) is 0 Å². The number of rotatable bonds is 5. The first-order valence-electron chi connectivity index (χ1n) is 6.30. The quantitative estimate of drug-likeness (QED) is 0.795. The van der Waals surface area contributed by atoms with Gasteiger partial charge in [0.1, 0.15) is 0 Å². The lowest BCUT2D eigenvalue weighted by Gasteiger charge is -2.06. The smallest absolute Gasteiger partial charge is 0.0340 e. The maximum Gasteiger partial charge on any atom is 0.0340 e. The van der Waals surface area contributed by atoms with Gasteiger partial charge in [-0.1, -0.05) is 31.2 Å². The molecule has 94 valence electrons. The van der Waals surface area contributed by atoms with Crippen LogP contribution < -0.4 is 5.32 Å². The summed E-state index contributed by atoms with van der Waals surface area (Å²) in [7, 11) is 1.95. The van der Waals surface area contributed by atoms with E-state index in [1.807, 2.05) is 18.8 Å². The van der Waals surface area contributed by atoms with E-state index in [1.165, 1.54) is 21.7 Å². The molecule has 1 nitrogen and oxygen atoms in total. The van der Waals surface area contributed by atoms with Crippen molar-refractivity contribution in [2.45, 2.75) is 18.2 Å². The third kappa shape index (κ3) is 3.54. The Morgan fingerprint density at radius 3 is 2.44 bits per heavy atom. The zero-order valence-electron chi connectivity index (χ0n) is 10.9. The van der Waals surface area contributed by atoms with Crippen LogP contribution in [0.25, 0.3) is 0 Å². The number of hydrogen-bond acceptors (Lipinski definition) is 2. The van der Waals surface area contributed by atoms with Crippen LogP contribution in [-0.4, -0.2) is 12.8 Å². The van der Waals surface area contributed by atoms with E-state index >= 15 is 0 Å². The van der Waals surface area contributed by atoms with Crippen LogP contribution >= 0.6 is 11.8 Å². The molecule has 0 bridgehead atoms. The number of hydrogen-bond donors (Lipinski definition) is 1. The van der Waals surface area contributed by atoms with Crippen molar-refractivity contribution in [2.75, 3.05) is 18.1 Å². The van der Waals surface area contributed by atoms with Gasteiger partial charge in [0.25, 0.3) is 0 Å². The number of nitrogens with one attached hydrogen (secondary N) is 1. The second kappa shape index (κ2) is 6.50. The molecular formula is C16H19NS. The minimum atomic E-state index is 0.993. The predicted octanol–water partition coefficient (Wildman–Crippen LogP) is 4.43. The van der Waals surface area contributed by atoms with Crippen LogP contribution in [0.5, 0.6) is 0 Å². The summed E-state index contributed by atoms with van der Waals surface area (Å²) in [4.78, 5) is 1.35. The minimum Gasteiger partial charge on any atom is -0.388 e. The summed E-state index contributed by atoms with van der Waals surface area (Å²) in [6.45, 7) is 2.18. The van der Waals surface area contributed by atoms with E-state index in [1.54, 1.807) is 0 Å². The Kier molecular flexibility index (Phi) is 4.71. The summed E-state index contributed by atoms with van der Waals surface area (Å²) in [5.74, 6) is 1.13. The van der Waals surface area contributed by atoms with E-state index in [-0.39, 0.29) is 0 Å². The number of anilines is 1. The van der Waals surface area contributed by atoms with Crippen molar-refractivity contribution >= 4 is 17.4 Å². The van der Waals surface area contributed by atoms with Gasteiger partial charge in [0.05, 0.1) is 0 Å². The van der Waals surface area contributed by atoms with Gasteiger partial charge in [-0.05, 0) is 47.6 Å². The van der Waals surface area contributed by atoms with E-state index in [4.69, 9.17) is 0 Å². The van der Waals surface area contributed by atoms with Crippen LogP contribution in [-0.2, 0) is 6.42 Å². The maximum absolute atomic E-state index is 3.18. The molecule has 0 atom stereocenters. The summed E-state index contributed by atoms with van der Waals surface area (Å²) < 4.78 is 0. The van der Waals surface area contributed by atoms with Crippen molar-refractivity contribution in [3.05, 3.63) is 59.7 Å². The zero-order chi connectivity index (χ0) is 12.8. The van der Waals surface area contributed by atoms with E-state index < -0.39 is 0 Å². The van der Waals surface area contributed by atoms with E-state index in [2.05, 4.69) is 60.8 Å². The van der Waals surface area contributed by atoms with Crippen molar-refractivity contribution in [1.82, 2.24) is 0 Å². The lowest BCUT2D eigenvalue weighted by Crippen LogP contribution is -1.92. The third-order valence-electron chi connectivity index (χ3n) is 2.86. The van der Waals surface area contributed by atoms with Gasteiger partial charge in [-0.3, -0.25) is 0 Å². The van der Waals surface area contributed by atoms with Crippen LogP contribution in [0.4, 0.5) is 5.69 Å². The largest absolute Gasteiger partial charge is 0.388 e. The van der Waals surface area contributed by atoms with E-state index in [9.17, 15) is 0 Å². The molecule has 2 aromatic rings. The Morgan fingerprint density at radius 1 is 1.00 bits per heavy atom. The second-order valence-corrected chi connectivity index (χ2v) is 5.54. The summed E-state index contributed by atoms with van der Waals surface area (Å²) in [5.41, 5.74) is 3.88. The molecule has 0 spiro atoms. The fourth-order valence-corrected chi connectivity index (χ4v) is 2.60. The van der Waals surface area contributed by atoms with Crippen LogP contribution in [0, 0.1) is 0 Å². The molecule has 0 aliphatic carbocycles. The molecule has 0 aliphatic rings. The molecule has 0 aliphatic heterocycles. The number of benzene rings is 2. The second-order valence-electron chi connectivity index (χ2n) is 4.20. The van der Waals surface area contributed by atoms with E-state index in [0.717, 1.165) is 12.2 Å². The minimum absolute atomic E-state index is 0.993. The van der Waals surface area contributed by atoms with Crippen LogP contribution in [0.3, 0.4) is 0 Å². The molecule has 2 aromatic carbocycles. The van der Waals surface area contributed by atoms with Gasteiger partial charge in [-0.2, -0.15) is 0 Å². The van der Waals surface area contributed by atoms with Crippen molar-refractivity contribution in [1.29, 1.82) is 0 Å². The Morgan fingerprint density at radius 2 is 1.78 bits per heavy atom. The molecule has 0 unspecified atom stereocenters. The summed E-state index contributed by atoms with van der Waals surface area (Å²) in [6, 6.07) is 17.4. The van der Waals surface area contributed by atoms with Gasteiger partial charge >= 0.3 is 0 Å². The van der Waals surface area contributed by atoms with Gasteiger partial charge < -0.3 is 5.32 Å². The molecule has 0 heterocycles. The average Bonchev–Trinajstić information content (AvgIpc) is 2.42. The lowest BCUT2D eigenvalue weighted by molar-refractivity contribution is 1.18. The molecule has 0 saturated heterocycles. The first-order chi connectivity index (χ1) is 8.81. The van der Waals surface area contributed by atoms with Crippen molar-refractivity contribution in [3.63, 3.8) is 0 Å². The molecule has 0 radical (unpaired) electrons. The highest BCUT2D eigenvalue weighted by molar-refractivity contribution is 7.99. The molecule has 2 heteroatoms. The molecular weight excluding hydrogens is 238 g/mol. The first-order valence-corrected chi connectivity index (χ1v) is 7.29. The van der Waals surface area contributed by atoms with Crippen LogP contribution in [0.2, 0.25) is 0 Å². The highest BCUT2D eigenvalue weighted by Crippen LogP contribution is 2.20. The molecule has 0 amide bonds. The third-order valence-corrected chi connectivity index (χ3v) is 3.75. The topological polar surface area (TPSA) is 12.0 Å². The summed E-state index contributed by atoms with van der Waals surface area (Å²) >= 11 is 1.89. The van der Waals surface area contributed by atoms with Gasteiger partial charge in [-0.15, -0.1) is 11.8 Å². The van der Waals surface area contributed by atoms with E-state index in [0.29, 0.717) is 0 Å². The van der Waals surface area contributed by atoms with Crippen LogP contribution in [0.1, 0.15) is 18.1 Å².